The van der Waals surface area contributed by atoms with Crippen LogP contribution in [0.3, 0.4) is 0 Å². The predicted octanol–water partition coefficient (Wildman–Crippen LogP) is 4.46. The second kappa shape index (κ2) is 11.2. The van der Waals surface area contributed by atoms with E-state index in [0.717, 1.165) is 28.7 Å². The van der Waals surface area contributed by atoms with Crippen molar-refractivity contribution in [2.75, 3.05) is 41.9 Å². The number of morpholine rings is 1. The molecular formula is C25H23ClFN9O. The quantitative estimate of drug-likeness (QED) is 0.270. The number of ether oxygens (including phenoxy) is 1. The Morgan fingerprint density at radius 3 is 2.57 bits per heavy atom. The summed E-state index contributed by atoms with van der Waals surface area (Å²) >= 11 is 6.32. The molecule has 0 saturated carbocycles. The summed E-state index contributed by atoms with van der Waals surface area (Å²) in [6, 6.07) is 9.21. The van der Waals surface area contributed by atoms with Gasteiger partial charge in [-0.2, -0.15) is 10.1 Å². The van der Waals surface area contributed by atoms with Crippen molar-refractivity contribution in [2.45, 2.75) is 6.92 Å². The number of aryl methyl sites for hydroxylation is 1. The van der Waals surface area contributed by atoms with Crippen molar-refractivity contribution in [3.8, 4) is 11.4 Å². The SMILES string of the molecule is Cc1cnc(-c2cc(Cl)cc(Nc3ccc(/C=N/Nc4ncc(F)c(N5CCOCC5)n4)nc3)c2)nc1. The third-order valence-electron chi connectivity index (χ3n) is 5.41. The average Bonchev–Trinajstić information content (AvgIpc) is 2.91. The molecule has 1 aliphatic rings. The Balaban J connectivity index is 1.22. The molecule has 0 spiro atoms. The van der Waals surface area contributed by atoms with Crippen LogP contribution >= 0.6 is 11.6 Å². The molecule has 3 aromatic heterocycles. The number of pyridine rings is 1. The van der Waals surface area contributed by atoms with E-state index in [0.29, 0.717) is 42.8 Å². The summed E-state index contributed by atoms with van der Waals surface area (Å²) in [7, 11) is 0. The highest BCUT2D eigenvalue weighted by atomic mass is 35.5. The average molecular weight is 520 g/mol. The molecule has 1 aliphatic heterocycles. The largest absolute Gasteiger partial charge is 0.378 e. The fourth-order valence-electron chi connectivity index (χ4n) is 3.62. The summed E-state index contributed by atoms with van der Waals surface area (Å²) in [6.45, 7) is 4.13. The number of halogens is 2. The molecule has 1 saturated heterocycles. The molecule has 0 atom stereocenters. The van der Waals surface area contributed by atoms with Crippen LogP contribution in [0.15, 0.2) is 60.2 Å². The van der Waals surface area contributed by atoms with Gasteiger partial charge in [-0.15, -0.1) is 0 Å². The van der Waals surface area contributed by atoms with E-state index in [9.17, 15) is 4.39 Å². The standard InChI is InChI=1S/C25H23ClFN9O/c1-16-11-29-23(30-12-16)17-8-18(26)10-21(9-17)33-20-3-2-19(28-13-20)14-32-35-25-31-15-22(27)24(34-25)36-4-6-37-7-5-36/h2-3,8-15,33H,4-7H2,1H3,(H,31,34,35)/b32-14+. The van der Waals surface area contributed by atoms with Crippen molar-refractivity contribution in [2.24, 2.45) is 5.10 Å². The van der Waals surface area contributed by atoms with Gasteiger partial charge in [0, 0.05) is 41.8 Å². The second-order valence-corrected chi connectivity index (χ2v) is 8.68. The molecule has 0 bridgehead atoms. The van der Waals surface area contributed by atoms with Gasteiger partial charge in [0.2, 0.25) is 5.95 Å². The van der Waals surface area contributed by atoms with Gasteiger partial charge in [-0.25, -0.2) is 24.8 Å². The lowest BCUT2D eigenvalue weighted by atomic mass is 10.1. The molecule has 37 heavy (non-hydrogen) atoms. The first kappa shape index (κ1) is 24.5. The number of aromatic nitrogens is 5. The number of nitrogens with zero attached hydrogens (tertiary/aromatic N) is 7. The number of hydrogen-bond donors (Lipinski definition) is 2. The molecular weight excluding hydrogens is 497 g/mol. The van der Waals surface area contributed by atoms with Gasteiger partial charge in [-0.1, -0.05) is 11.6 Å². The van der Waals surface area contributed by atoms with Crippen LogP contribution in [0.4, 0.5) is 27.5 Å². The Kier molecular flexibility index (Phi) is 7.43. The zero-order valence-corrected chi connectivity index (χ0v) is 20.7. The molecule has 2 N–H and O–H groups in total. The smallest absolute Gasteiger partial charge is 0.245 e. The number of rotatable bonds is 7. The fourth-order valence-corrected chi connectivity index (χ4v) is 3.85. The van der Waals surface area contributed by atoms with Gasteiger partial charge in [0.05, 0.1) is 43.2 Å². The van der Waals surface area contributed by atoms with E-state index in [1.54, 1.807) is 24.7 Å². The van der Waals surface area contributed by atoms with Crippen LogP contribution in [0.1, 0.15) is 11.3 Å². The minimum absolute atomic E-state index is 0.187. The normalized spacial score (nSPS) is 13.6. The monoisotopic (exact) mass is 519 g/mol. The number of anilines is 4. The van der Waals surface area contributed by atoms with E-state index in [2.05, 4.69) is 40.8 Å². The number of hydrazone groups is 1. The second-order valence-electron chi connectivity index (χ2n) is 8.24. The molecule has 12 heteroatoms. The van der Waals surface area contributed by atoms with E-state index in [1.807, 2.05) is 36.1 Å². The summed E-state index contributed by atoms with van der Waals surface area (Å²) in [5.41, 5.74) is 6.66. The molecule has 4 aromatic rings. The van der Waals surface area contributed by atoms with Crippen molar-refractivity contribution in [3.63, 3.8) is 0 Å². The van der Waals surface area contributed by atoms with Gasteiger partial charge in [-0.05, 0) is 42.8 Å². The number of benzene rings is 1. The first-order valence-electron chi connectivity index (χ1n) is 11.5. The van der Waals surface area contributed by atoms with E-state index >= 15 is 0 Å². The zero-order valence-electron chi connectivity index (χ0n) is 19.9. The highest BCUT2D eigenvalue weighted by Crippen LogP contribution is 2.27. The van der Waals surface area contributed by atoms with Gasteiger partial charge in [0.1, 0.15) is 0 Å². The van der Waals surface area contributed by atoms with Gasteiger partial charge >= 0.3 is 0 Å². The lowest BCUT2D eigenvalue weighted by Crippen LogP contribution is -2.37. The molecule has 1 aromatic carbocycles. The molecule has 0 unspecified atom stereocenters. The number of nitrogens with one attached hydrogen (secondary N) is 2. The first-order chi connectivity index (χ1) is 18.0. The van der Waals surface area contributed by atoms with Crippen LogP contribution in [0.2, 0.25) is 5.02 Å². The number of hydrogen-bond acceptors (Lipinski definition) is 10. The lowest BCUT2D eigenvalue weighted by Gasteiger charge is -2.27. The molecule has 0 aliphatic carbocycles. The maximum Gasteiger partial charge on any atom is 0.245 e. The predicted molar refractivity (Wildman–Crippen MR) is 141 cm³/mol. The third kappa shape index (κ3) is 6.32. The molecule has 4 heterocycles. The van der Waals surface area contributed by atoms with Crippen LogP contribution < -0.4 is 15.6 Å². The summed E-state index contributed by atoms with van der Waals surface area (Å²) in [5.74, 6) is 0.518. The first-order valence-corrected chi connectivity index (χ1v) is 11.9. The third-order valence-corrected chi connectivity index (χ3v) is 5.63. The van der Waals surface area contributed by atoms with E-state index in [-0.39, 0.29) is 11.8 Å². The van der Waals surface area contributed by atoms with E-state index < -0.39 is 5.82 Å². The highest BCUT2D eigenvalue weighted by molar-refractivity contribution is 6.31. The molecule has 0 radical (unpaired) electrons. The fraction of sp³-hybridized carbons (Fsp3) is 0.200. The van der Waals surface area contributed by atoms with Crippen molar-refractivity contribution < 1.29 is 9.13 Å². The Morgan fingerprint density at radius 2 is 1.81 bits per heavy atom. The van der Waals surface area contributed by atoms with Crippen LogP contribution in [-0.2, 0) is 4.74 Å². The Morgan fingerprint density at radius 1 is 1.00 bits per heavy atom. The van der Waals surface area contributed by atoms with Crippen molar-refractivity contribution in [1.29, 1.82) is 0 Å². The Hall–Kier alpha value is -4.22. The minimum Gasteiger partial charge on any atom is -0.378 e. The molecule has 188 valence electrons. The molecule has 10 nitrogen and oxygen atoms in total. The van der Waals surface area contributed by atoms with Crippen LogP contribution in [0.5, 0.6) is 0 Å². The van der Waals surface area contributed by atoms with Gasteiger partial charge in [0.25, 0.3) is 0 Å². The van der Waals surface area contributed by atoms with Crippen LogP contribution in [0.25, 0.3) is 11.4 Å². The summed E-state index contributed by atoms with van der Waals surface area (Å²) < 4.78 is 19.5. The van der Waals surface area contributed by atoms with E-state index in [1.165, 1.54) is 6.21 Å². The van der Waals surface area contributed by atoms with Gasteiger partial charge < -0.3 is 15.0 Å². The highest BCUT2D eigenvalue weighted by Gasteiger charge is 2.17. The van der Waals surface area contributed by atoms with Crippen LogP contribution in [0, 0.1) is 12.7 Å². The maximum atomic E-state index is 14.2. The van der Waals surface area contributed by atoms with Crippen molar-refractivity contribution >= 4 is 41.0 Å². The van der Waals surface area contributed by atoms with Gasteiger partial charge in [-0.3, -0.25) is 4.98 Å². The maximum absolute atomic E-state index is 14.2. The zero-order chi connectivity index (χ0) is 25.6. The minimum atomic E-state index is -0.487. The van der Waals surface area contributed by atoms with Gasteiger partial charge in [0.15, 0.2) is 17.5 Å². The summed E-state index contributed by atoms with van der Waals surface area (Å²) in [6.07, 6.45) is 7.86. The molecule has 5 rings (SSSR count). The van der Waals surface area contributed by atoms with E-state index in [4.69, 9.17) is 16.3 Å². The summed E-state index contributed by atoms with van der Waals surface area (Å²) in [4.78, 5) is 23.1. The summed E-state index contributed by atoms with van der Waals surface area (Å²) in [5, 5.41) is 7.97. The van der Waals surface area contributed by atoms with Crippen molar-refractivity contribution in [3.05, 3.63) is 77.2 Å². The van der Waals surface area contributed by atoms with Crippen LogP contribution in [-0.4, -0.2) is 57.4 Å². The van der Waals surface area contributed by atoms with Crippen molar-refractivity contribution in [1.82, 2.24) is 24.9 Å². The molecule has 1 fully saturated rings. The topological polar surface area (TPSA) is 113 Å². The lowest BCUT2D eigenvalue weighted by molar-refractivity contribution is 0.122. The molecule has 0 amide bonds. The Labute approximate surface area is 217 Å². The Bertz CT molecular complexity index is 1390.